The van der Waals surface area contributed by atoms with Crippen LogP contribution >= 0.6 is 0 Å². The van der Waals surface area contributed by atoms with Crippen molar-refractivity contribution in [2.24, 2.45) is 0 Å². The Morgan fingerprint density at radius 2 is 1.76 bits per heavy atom. The van der Waals surface area contributed by atoms with Crippen LogP contribution in [0.3, 0.4) is 0 Å². The molecule has 0 unspecified atom stereocenters. The Bertz CT molecular complexity index is 497. The van der Waals surface area contributed by atoms with Crippen LogP contribution in [0, 0.1) is 0 Å². The van der Waals surface area contributed by atoms with Crippen LogP contribution < -0.4 is 10.1 Å². The summed E-state index contributed by atoms with van der Waals surface area (Å²) in [5, 5.41) is 1.92. The number of methoxy groups -OCH3 is 1. The molecule has 0 aliphatic carbocycles. The van der Waals surface area contributed by atoms with E-state index in [-0.39, 0.29) is 13.0 Å². The van der Waals surface area contributed by atoms with Crippen molar-refractivity contribution in [1.29, 1.82) is 0 Å². The summed E-state index contributed by atoms with van der Waals surface area (Å²) in [5.74, 6) is -0.628. The van der Waals surface area contributed by atoms with E-state index < -0.39 is 24.6 Å². The second-order valence-electron chi connectivity index (χ2n) is 3.95. The highest BCUT2D eigenvalue weighted by atomic mass is 16.6. The fraction of sp³-hybridized carbons (Fsp3) is 0.357. The lowest BCUT2D eigenvalue weighted by atomic mass is 10.1. The summed E-state index contributed by atoms with van der Waals surface area (Å²) in [7, 11) is 1.55. The number of ether oxygens (including phenoxy) is 3. The molecule has 0 aromatic heterocycles. The van der Waals surface area contributed by atoms with Crippen molar-refractivity contribution >= 4 is 18.0 Å². The number of amides is 2. The summed E-state index contributed by atoms with van der Waals surface area (Å²) >= 11 is 0. The van der Waals surface area contributed by atoms with Crippen molar-refractivity contribution in [2.45, 2.75) is 13.3 Å². The number of benzene rings is 1. The van der Waals surface area contributed by atoms with Crippen LogP contribution in [0.25, 0.3) is 0 Å². The average Bonchev–Trinajstić information content (AvgIpc) is 2.46. The summed E-state index contributed by atoms with van der Waals surface area (Å²) in [5.41, 5.74) is 0.728. The van der Waals surface area contributed by atoms with Gasteiger partial charge in [-0.1, -0.05) is 12.1 Å². The number of hydrogen-bond acceptors (Lipinski definition) is 6. The molecule has 0 aliphatic heterocycles. The quantitative estimate of drug-likeness (QED) is 0.789. The first-order chi connectivity index (χ1) is 10.0. The third kappa shape index (κ3) is 6.42. The van der Waals surface area contributed by atoms with Crippen molar-refractivity contribution in [2.75, 3.05) is 20.3 Å². The van der Waals surface area contributed by atoms with Crippen LogP contribution in [0.4, 0.5) is 4.79 Å². The second-order valence-corrected chi connectivity index (χ2v) is 3.95. The number of nitrogens with one attached hydrogen (secondary N) is 1. The van der Waals surface area contributed by atoms with Gasteiger partial charge in [0.2, 0.25) is 0 Å². The Morgan fingerprint density at radius 1 is 1.10 bits per heavy atom. The minimum absolute atomic E-state index is 0.0245. The number of imide groups is 1. The molecule has 0 fully saturated rings. The van der Waals surface area contributed by atoms with E-state index in [9.17, 15) is 14.4 Å². The van der Waals surface area contributed by atoms with E-state index in [1.54, 1.807) is 38.3 Å². The lowest BCUT2D eigenvalue weighted by Crippen LogP contribution is -2.34. The molecule has 21 heavy (non-hydrogen) atoms. The Balaban J connectivity index is 2.33. The highest BCUT2D eigenvalue weighted by molar-refractivity contribution is 5.93. The Hall–Kier alpha value is -2.57. The first-order valence-electron chi connectivity index (χ1n) is 6.30. The van der Waals surface area contributed by atoms with Crippen LogP contribution in [0.5, 0.6) is 5.75 Å². The summed E-state index contributed by atoms with van der Waals surface area (Å²) in [6.07, 6.45) is -0.842. The molecule has 0 saturated carbocycles. The molecule has 0 heterocycles. The van der Waals surface area contributed by atoms with Gasteiger partial charge in [-0.25, -0.2) is 4.79 Å². The molecule has 1 aromatic carbocycles. The van der Waals surface area contributed by atoms with E-state index >= 15 is 0 Å². The van der Waals surface area contributed by atoms with Gasteiger partial charge in [0.15, 0.2) is 6.61 Å². The molecule has 0 aliphatic rings. The lowest BCUT2D eigenvalue weighted by Gasteiger charge is -2.06. The molecule has 114 valence electrons. The predicted octanol–water partition coefficient (Wildman–Crippen LogP) is 1.05. The SMILES string of the molecule is CCOC(=O)NC(=O)COC(=O)Cc1ccc(OC)cc1. The molecule has 1 aromatic rings. The second kappa shape index (κ2) is 8.57. The molecule has 0 spiro atoms. The fourth-order valence-corrected chi connectivity index (χ4v) is 1.42. The van der Waals surface area contributed by atoms with E-state index in [0.29, 0.717) is 5.75 Å². The molecule has 0 atom stereocenters. The van der Waals surface area contributed by atoms with Crippen molar-refractivity contribution in [3.8, 4) is 5.75 Å². The monoisotopic (exact) mass is 295 g/mol. The Labute approximate surface area is 122 Å². The maximum atomic E-state index is 11.5. The van der Waals surface area contributed by atoms with Gasteiger partial charge in [-0.15, -0.1) is 0 Å². The summed E-state index contributed by atoms with van der Waals surface area (Å²) in [6, 6.07) is 6.88. The third-order valence-corrected chi connectivity index (χ3v) is 2.39. The highest BCUT2D eigenvalue weighted by Crippen LogP contribution is 2.11. The highest BCUT2D eigenvalue weighted by Gasteiger charge is 2.11. The molecule has 0 saturated heterocycles. The van der Waals surface area contributed by atoms with Gasteiger partial charge in [-0.3, -0.25) is 14.9 Å². The van der Waals surface area contributed by atoms with Crippen LogP contribution in [-0.2, 0) is 25.5 Å². The fourth-order valence-electron chi connectivity index (χ4n) is 1.42. The zero-order chi connectivity index (χ0) is 15.7. The van der Waals surface area contributed by atoms with Crippen molar-refractivity contribution in [1.82, 2.24) is 5.32 Å². The zero-order valence-electron chi connectivity index (χ0n) is 11.9. The third-order valence-electron chi connectivity index (χ3n) is 2.39. The molecule has 0 bridgehead atoms. The van der Waals surface area contributed by atoms with E-state index in [1.807, 2.05) is 5.32 Å². The molecule has 1 rings (SSSR count). The summed E-state index contributed by atoms with van der Waals surface area (Å²) < 4.78 is 14.3. The van der Waals surface area contributed by atoms with Gasteiger partial charge in [-0.05, 0) is 24.6 Å². The van der Waals surface area contributed by atoms with Gasteiger partial charge >= 0.3 is 12.1 Å². The Kier molecular flexibility index (Phi) is 6.73. The van der Waals surface area contributed by atoms with Crippen molar-refractivity contribution in [3.63, 3.8) is 0 Å². The summed E-state index contributed by atoms with van der Waals surface area (Å²) in [6.45, 7) is 1.23. The van der Waals surface area contributed by atoms with Gasteiger partial charge in [0.05, 0.1) is 20.1 Å². The zero-order valence-corrected chi connectivity index (χ0v) is 11.9. The number of esters is 1. The molecule has 2 amide bonds. The minimum Gasteiger partial charge on any atom is -0.497 e. The van der Waals surface area contributed by atoms with Crippen molar-refractivity contribution < 1.29 is 28.6 Å². The van der Waals surface area contributed by atoms with Crippen molar-refractivity contribution in [3.05, 3.63) is 29.8 Å². The largest absolute Gasteiger partial charge is 0.497 e. The number of hydrogen-bond donors (Lipinski definition) is 1. The number of rotatable bonds is 6. The standard InChI is InChI=1S/C14H17NO6/c1-3-20-14(18)15-12(16)9-21-13(17)8-10-4-6-11(19-2)7-5-10/h4-7H,3,8-9H2,1-2H3,(H,15,16,18). The molecule has 7 nitrogen and oxygen atoms in total. The van der Waals surface area contributed by atoms with Crippen LogP contribution in [0.1, 0.15) is 12.5 Å². The van der Waals surface area contributed by atoms with Gasteiger partial charge < -0.3 is 14.2 Å². The van der Waals surface area contributed by atoms with E-state index in [0.717, 1.165) is 5.56 Å². The van der Waals surface area contributed by atoms with Gasteiger partial charge in [-0.2, -0.15) is 0 Å². The van der Waals surface area contributed by atoms with Crippen LogP contribution in [0.15, 0.2) is 24.3 Å². The molecular weight excluding hydrogens is 278 g/mol. The van der Waals surface area contributed by atoms with E-state index in [1.165, 1.54) is 0 Å². The molecule has 1 N–H and O–H groups in total. The van der Waals surface area contributed by atoms with E-state index in [2.05, 4.69) is 4.74 Å². The van der Waals surface area contributed by atoms with Gasteiger partial charge in [0.25, 0.3) is 5.91 Å². The normalized spacial score (nSPS) is 9.62. The predicted molar refractivity (Wildman–Crippen MR) is 72.8 cm³/mol. The topological polar surface area (TPSA) is 90.9 Å². The molecular formula is C14H17NO6. The van der Waals surface area contributed by atoms with Gasteiger partial charge in [0, 0.05) is 0 Å². The summed E-state index contributed by atoms with van der Waals surface area (Å²) in [4.78, 5) is 33.7. The number of carbonyl (C=O) groups is 3. The first-order valence-corrected chi connectivity index (χ1v) is 6.30. The number of carbonyl (C=O) groups excluding carboxylic acids is 3. The maximum Gasteiger partial charge on any atom is 0.413 e. The van der Waals surface area contributed by atoms with Gasteiger partial charge in [0.1, 0.15) is 5.75 Å². The lowest BCUT2D eigenvalue weighted by molar-refractivity contribution is -0.147. The minimum atomic E-state index is -0.867. The molecule has 7 heteroatoms. The van der Waals surface area contributed by atoms with Crippen LogP contribution in [0.2, 0.25) is 0 Å². The Morgan fingerprint density at radius 3 is 2.33 bits per heavy atom. The molecule has 0 radical (unpaired) electrons. The van der Waals surface area contributed by atoms with E-state index in [4.69, 9.17) is 9.47 Å². The number of alkyl carbamates (subject to hydrolysis) is 1. The average molecular weight is 295 g/mol. The maximum absolute atomic E-state index is 11.5. The van der Waals surface area contributed by atoms with Crippen LogP contribution in [-0.4, -0.2) is 38.3 Å². The first kappa shape index (κ1) is 16.5. The smallest absolute Gasteiger partial charge is 0.413 e.